The number of phenols is 1. The first kappa shape index (κ1) is 18.9. The molecule has 1 fully saturated rings. The van der Waals surface area contributed by atoms with Crippen LogP contribution in [0.1, 0.15) is 35.7 Å². The molecule has 0 saturated carbocycles. The zero-order valence-corrected chi connectivity index (χ0v) is 15.4. The smallest absolute Gasteiger partial charge is 0.254 e. The highest BCUT2D eigenvalue weighted by molar-refractivity contribution is 5.95. The Bertz CT molecular complexity index is 798. The summed E-state index contributed by atoms with van der Waals surface area (Å²) >= 11 is 0. The van der Waals surface area contributed by atoms with Gasteiger partial charge in [0.25, 0.3) is 5.91 Å². The van der Waals surface area contributed by atoms with Crippen molar-refractivity contribution in [2.45, 2.75) is 32.4 Å². The van der Waals surface area contributed by atoms with Gasteiger partial charge in [0.05, 0.1) is 6.10 Å². The van der Waals surface area contributed by atoms with Crippen molar-refractivity contribution in [2.24, 2.45) is 0 Å². The Morgan fingerprint density at radius 1 is 1.19 bits per heavy atom. The SMILES string of the molecule is CC(=O)Nc1ccc(C(=O)N(Cc2ccccc2O)CC2CCCO2)cc1. The van der Waals surface area contributed by atoms with E-state index >= 15 is 0 Å². The number of benzene rings is 2. The molecule has 0 aliphatic carbocycles. The van der Waals surface area contributed by atoms with E-state index in [-0.39, 0.29) is 23.7 Å². The first-order valence-electron chi connectivity index (χ1n) is 9.08. The largest absolute Gasteiger partial charge is 0.508 e. The Morgan fingerprint density at radius 3 is 2.56 bits per heavy atom. The number of para-hydroxylation sites is 1. The molecule has 1 aliphatic heterocycles. The monoisotopic (exact) mass is 368 g/mol. The van der Waals surface area contributed by atoms with Crippen molar-refractivity contribution < 1.29 is 19.4 Å². The Labute approximate surface area is 158 Å². The lowest BCUT2D eigenvalue weighted by Crippen LogP contribution is -2.37. The molecule has 6 nitrogen and oxygen atoms in total. The van der Waals surface area contributed by atoms with Gasteiger partial charge in [0.15, 0.2) is 0 Å². The summed E-state index contributed by atoms with van der Waals surface area (Å²) in [6.45, 7) is 2.93. The maximum atomic E-state index is 13.1. The number of aromatic hydroxyl groups is 1. The van der Waals surface area contributed by atoms with Crippen LogP contribution < -0.4 is 5.32 Å². The molecular weight excluding hydrogens is 344 g/mol. The van der Waals surface area contributed by atoms with Gasteiger partial charge < -0.3 is 20.1 Å². The number of nitrogens with one attached hydrogen (secondary N) is 1. The summed E-state index contributed by atoms with van der Waals surface area (Å²) in [4.78, 5) is 25.9. The molecule has 1 atom stereocenters. The van der Waals surface area contributed by atoms with Crippen LogP contribution in [0.2, 0.25) is 0 Å². The number of nitrogens with zero attached hydrogens (tertiary/aromatic N) is 1. The second kappa shape index (κ2) is 8.68. The van der Waals surface area contributed by atoms with Crippen molar-refractivity contribution in [2.75, 3.05) is 18.5 Å². The van der Waals surface area contributed by atoms with Gasteiger partial charge >= 0.3 is 0 Å². The van der Waals surface area contributed by atoms with E-state index in [1.54, 1.807) is 41.3 Å². The summed E-state index contributed by atoms with van der Waals surface area (Å²) in [5, 5.41) is 12.8. The molecule has 2 aromatic carbocycles. The number of anilines is 1. The second-order valence-corrected chi connectivity index (χ2v) is 6.71. The normalized spacial score (nSPS) is 16.1. The van der Waals surface area contributed by atoms with Crippen LogP contribution in [-0.4, -0.2) is 41.1 Å². The Morgan fingerprint density at radius 2 is 1.93 bits per heavy atom. The fourth-order valence-electron chi connectivity index (χ4n) is 3.19. The lowest BCUT2D eigenvalue weighted by atomic mass is 10.1. The molecule has 0 spiro atoms. The van der Waals surface area contributed by atoms with E-state index in [1.807, 2.05) is 12.1 Å². The molecule has 0 radical (unpaired) electrons. The van der Waals surface area contributed by atoms with Crippen molar-refractivity contribution in [1.29, 1.82) is 0 Å². The predicted octanol–water partition coefficient (Wildman–Crippen LogP) is 3.17. The summed E-state index contributed by atoms with van der Waals surface area (Å²) in [5.41, 5.74) is 1.86. The molecule has 0 aromatic heterocycles. The fourth-order valence-corrected chi connectivity index (χ4v) is 3.19. The van der Waals surface area contributed by atoms with Crippen LogP contribution in [0.15, 0.2) is 48.5 Å². The molecule has 27 heavy (non-hydrogen) atoms. The summed E-state index contributed by atoms with van der Waals surface area (Å²) in [6.07, 6.45) is 1.93. The van der Waals surface area contributed by atoms with E-state index < -0.39 is 0 Å². The van der Waals surface area contributed by atoms with Crippen molar-refractivity contribution in [3.05, 3.63) is 59.7 Å². The van der Waals surface area contributed by atoms with Crippen LogP contribution in [-0.2, 0) is 16.1 Å². The minimum Gasteiger partial charge on any atom is -0.508 e. The summed E-state index contributed by atoms with van der Waals surface area (Å²) in [7, 11) is 0. The van der Waals surface area contributed by atoms with E-state index in [9.17, 15) is 14.7 Å². The van der Waals surface area contributed by atoms with Gasteiger partial charge in [-0.05, 0) is 43.2 Å². The molecule has 142 valence electrons. The quantitative estimate of drug-likeness (QED) is 0.821. The minimum atomic E-state index is -0.159. The second-order valence-electron chi connectivity index (χ2n) is 6.71. The van der Waals surface area contributed by atoms with E-state index in [0.717, 1.165) is 12.8 Å². The number of ether oxygens (including phenoxy) is 1. The maximum absolute atomic E-state index is 13.1. The molecule has 2 aromatic rings. The van der Waals surface area contributed by atoms with Gasteiger partial charge in [-0.1, -0.05) is 18.2 Å². The van der Waals surface area contributed by atoms with Crippen LogP contribution in [0.3, 0.4) is 0 Å². The molecule has 1 aliphatic rings. The van der Waals surface area contributed by atoms with Crippen LogP contribution in [0.4, 0.5) is 5.69 Å². The predicted molar refractivity (Wildman–Crippen MR) is 103 cm³/mol. The van der Waals surface area contributed by atoms with Crippen molar-refractivity contribution >= 4 is 17.5 Å². The Kier molecular flexibility index (Phi) is 6.08. The summed E-state index contributed by atoms with van der Waals surface area (Å²) < 4.78 is 5.70. The van der Waals surface area contributed by atoms with Crippen LogP contribution in [0.25, 0.3) is 0 Å². The number of amides is 2. The number of phenolic OH excluding ortho intramolecular Hbond substituents is 1. The zero-order chi connectivity index (χ0) is 19.2. The number of hydrogen-bond donors (Lipinski definition) is 2. The van der Waals surface area contributed by atoms with Crippen molar-refractivity contribution in [3.63, 3.8) is 0 Å². The van der Waals surface area contributed by atoms with Gasteiger partial charge in [-0.2, -0.15) is 0 Å². The van der Waals surface area contributed by atoms with Crippen molar-refractivity contribution in [1.82, 2.24) is 4.90 Å². The van der Waals surface area contributed by atoms with Gasteiger partial charge in [-0.15, -0.1) is 0 Å². The topological polar surface area (TPSA) is 78.9 Å². The van der Waals surface area contributed by atoms with Crippen LogP contribution >= 0.6 is 0 Å². The van der Waals surface area contributed by atoms with Crippen molar-refractivity contribution in [3.8, 4) is 5.75 Å². The highest BCUT2D eigenvalue weighted by atomic mass is 16.5. The molecule has 1 heterocycles. The Balaban J connectivity index is 1.79. The van der Waals surface area contributed by atoms with Crippen LogP contribution in [0.5, 0.6) is 5.75 Å². The molecule has 6 heteroatoms. The third kappa shape index (κ3) is 5.08. The third-order valence-corrected chi connectivity index (χ3v) is 4.54. The van der Waals surface area contributed by atoms with Gasteiger partial charge in [0.2, 0.25) is 5.91 Å². The number of carbonyl (C=O) groups excluding carboxylic acids is 2. The van der Waals surface area contributed by atoms with E-state index in [4.69, 9.17) is 4.74 Å². The van der Waals surface area contributed by atoms with E-state index in [0.29, 0.717) is 36.5 Å². The van der Waals surface area contributed by atoms with Crippen LogP contribution in [0, 0.1) is 0 Å². The number of carbonyl (C=O) groups is 2. The third-order valence-electron chi connectivity index (χ3n) is 4.54. The molecule has 1 saturated heterocycles. The highest BCUT2D eigenvalue weighted by Crippen LogP contribution is 2.22. The summed E-state index contributed by atoms with van der Waals surface area (Å²) in [6, 6.07) is 13.8. The average Bonchev–Trinajstić information content (AvgIpc) is 3.16. The van der Waals surface area contributed by atoms with Gasteiger partial charge in [-0.3, -0.25) is 9.59 Å². The Hall–Kier alpha value is -2.86. The zero-order valence-electron chi connectivity index (χ0n) is 15.4. The number of hydrogen-bond acceptors (Lipinski definition) is 4. The lowest BCUT2D eigenvalue weighted by molar-refractivity contribution is -0.114. The lowest BCUT2D eigenvalue weighted by Gasteiger charge is -2.26. The first-order chi connectivity index (χ1) is 13.0. The standard InChI is InChI=1S/C21H24N2O4/c1-15(24)22-18-10-8-16(9-11-18)21(26)23(14-19-6-4-12-27-19)13-17-5-2-3-7-20(17)25/h2-3,5,7-11,19,25H,4,6,12-14H2,1H3,(H,22,24). The maximum Gasteiger partial charge on any atom is 0.254 e. The minimum absolute atomic E-state index is 0.0125. The molecule has 0 bridgehead atoms. The average molecular weight is 368 g/mol. The van der Waals surface area contributed by atoms with Gasteiger partial charge in [0, 0.05) is 43.4 Å². The van der Waals surface area contributed by atoms with Gasteiger partial charge in [0.1, 0.15) is 5.75 Å². The molecule has 2 amide bonds. The number of rotatable bonds is 6. The highest BCUT2D eigenvalue weighted by Gasteiger charge is 2.24. The molecule has 1 unspecified atom stereocenters. The molecule has 3 rings (SSSR count). The van der Waals surface area contributed by atoms with E-state index in [1.165, 1.54) is 6.92 Å². The molecular formula is C21H24N2O4. The van der Waals surface area contributed by atoms with Gasteiger partial charge in [-0.25, -0.2) is 0 Å². The van der Waals surface area contributed by atoms with E-state index in [2.05, 4.69) is 5.32 Å². The first-order valence-corrected chi connectivity index (χ1v) is 9.08. The molecule has 2 N–H and O–H groups in total. The fraction of sp³-hybridized carbons (Fsp3) is 0.333. The summed E-state index contributed by atoms with van der Waals surface area (Å²) in [5.74, 6) is -0.125.